The second-order valence-electron chi connectivity index (χ2n) is 11.9. The van der Waals surface area contributed by atoms with Crippen LogP contribution in [0.3, 0.4) is 0 Å². The molecule has 3 amide bonds. The van der Waals surface area contributed by atoms with E-state index >= 15 is 0 Å². The van der Waals surface area contributed by atoms with Crippen LogP contribution < -0.4 is 10.6 Å². The van der Waals surface area contributed by atoms with E-state index in [1.807, 2.05) is 26.0 Å². The molecule has 224 valence electrons. The maximum atomic E-state index is 14.3. The van der Waals surface area contributed by atoms with Crippen molar-refractivity contribution in [2.45, 2.75) is 124 Å². The number of carbonyl (C=O) groups excluding carboxylic acids is 3. The van der Waals surface area contributed by atoms with Crippen molar-refractivity contribution >= 4 is 17.9 Å². The van der Waals surface area contributed by atoms with Gasteiger partial charge in [0.25, 0.3) is 0 Å². The van der Waals surface area contributed by atoms with Crippen molar-refractivity contribution in [1.82, 2.24) is 15.5 Å². The molecule has 0 bridgehead atoms. The minimum absolute atomic E-state index is 0.131. The van der Waals surface area contributed by atoms with Gasteiger partial charge in [0.15, 0.2) is 0 Å². The summed E-state index contributed by atoms with van der Waals surface area (Å²) in [6.07, 6.45) is 13.3. The van der Waals surface area contributed by atoms with E-state index in [1.54, 1.807) is 37.8 Å². The molecule has 2 unspecified atom stereocenters. The van der Waals surface area contributed by atoms with Crippen LogP contribution in [-0.2, 0) is 14.3 Å². The average Bonchev–Trinajstić information content (AvgIpc) is 2.88. The van der Waals surface area contributed by atoms with Gasteiger partial charge in [0.2, 0.25) is 11.8 Å². The van der Waals surface area contributed by atoms with Crippen LogP contribution in [-0.4, -0.2) is 47.5 Å². The summed E-state index contributed by atoms with van der Waals surface area (Å²) in [5.74, 6) is 2.23. The predicted molar refractivity (Wildman–Crippen MR) is 163 cm³/mol. The summed E-state index contributed by atoms with van der Waals surface area (Å²) in [5, 5.41) is 5.87. The van der Waals surface area contributed by atoms with Gasteiger partial charge in [0.1, 0.15) is 17.7 Å². The van der Waals surface area contributed by atoms with Crippen molar-refractivity contribution in [2.75, 3.05) is 13.1 Å². The lowest BCUT2D eigenvalue weighted by Crippen LogP contribution is -2.53. The first-order valence-electron chi connectivity index (χ1n) is 15.1. The number of nitrogens with zero attached hydrogens (tertiary/aromatic N) is 1. The lowest BCUT2D eigenvalue weighted by atomic mass is 9.98. The fourth-order valence-corrected chi connectivity index (χ4v) is 4.51. The van der Waals surface area contributed by atoms with Gasteiger partial charge in [0.05, 0.1) is 0 Å². The minimum Gasteiger partial charge on any atom is -0.444 e. The summed E-state index contributed by atoms with van der Waals surface area (Å²) >= 11 is 0. The molecule has 0 aromatic heterocycles. The fraction of sp³-hybridized carbons (Fsp3) is 0.667. The Bertz CT molecular complexity index is 944. The number of alkyl carbamates (subject to hydrolysis) is 1. The summed E-state index contributed by atoms with van der Waals surface area (Å²) in [6, 6.07) is 5.55. The van der Waals surface area contributed by atoms with E-state index in [0.717, 1.165) is 51.4 Å². The van der Waals surface area contributed by atoms with Crippen LogP contribution in [0.4, 0.5) is 4.79 Å². The molecule has 1 aromatic rings. The second-order valence-corrected chi connectivity index (χ2v) is 11.9. The number of carbonyl (C=O) groups is 3. The van der Waals surface area contributed by atoms with Gasteiger partial charge in [0, 0.05) is 18.7 Å². The number of nitrogens with one attached hydrogen (secondary N) is 2. The van der Waals surface area contributed by atoms with Gasteiger partial charge in [-0.3, -0.25) is 9.59 Å². The molecule has 1 aromatic carbocycles. The third kappa shape index (κ3) is 13.4. The van der Waals surface area contributed by atoms with Crippen LogP contribution in [0, 0.1) is 18.3 Å². The highest BCUT2D eigenvalue weighted by molar-refractivity contribution is 5.92. The van der Waals surface area contributed by atoms with Crippen LogP contribution >= 0.6 is 0 Å². The van der Waals surface area contributed by atoms with E-state index in [9.17, 15) is 14.4 Å². The van der Waals surface area contributed by atoms with Crippen LogP contribution in [0.5, 0.6) is 0 Å². The zero-order valence-electron chi connectivity index (χ0n) is 26.0. The molecule has 7 heteroatoms. The van der Waals surface area contributed by atoms with Crippen LogP contribution in [0.1, 0.15) is 123 Å². The molecular formula is C33H53N3O4. The Balaban J connectivity index is 3.45. The van der Waals surface area contributed by atoms with E-state index in [-0.39, 0.29) is 17.7 Å². The molecule has 7 nitrogen and oxygen atoms in total. The van der Waals surface area contributed by atoms with Crippen LogP contribution in [0.15, 0.2) is 24.3 Å². The number of unbranched alkanes of at least 4 members (excludes halogenated alkanes) is 6. The smallest absolute Gasteiger partial charge is 0.408 e. The topological polar surface area (TPSA) is 87.7 Å². The highest BCUT2D eigenvalue weighted by Crippen LogP contribution is 2.25. The molecule has 0 spiro atoms. The first kappa shape index (κ1) is 35.0. The molecule has 0 aliphatic rings. The third-order valence-electron chi connectivity index (χ3n) is 6.51. The van der Waals surface area contributed by atoms with Crippen molar-refractivity contribution < 1.29 is 19.1 Å². The zero-order valence-corrected chi connectivity index (χ0v) is 26.0. The number of terminal acetylenes is 1. The normalized spacial score (nSPS) is 12.8. The Hall–Kier alpha value is -3.01. The van der Waals surface area contributed by atoms with Crippen molar-refractivity contribution in [3.63, 3.8) is 0 Å². The molecule has 0 saturated carbocycles. The SMILES string of the molecule is C#Cc1ccc(C(C(=O)NCCCCC)N(CCCCCCC)C(=O)C(CC(C)C)NC(=O)OC(C)(C)C)cc1. The zero-order chi connectivity index (χ0) is 30.1. The lowest BCUT2D eigenvalue weighted by Gasteiger charge is -2.35. The van der Waals surface area contributed by atoms with Crippen molar-refractivity contribution in [1.29, 1.82) is 0 Å². The summed E-state index contributed by atoms with van der Waals surface area (Å²) in [4.78, 5) is 42.4. The second kappa shape index (κ2) is 18.4. The van der Waals surface area contributed by atoms with Crippen molar-refractivity contribution in [3.05, 3.63) is 35.4 Å². The lowest BCUT2D eigenvalue weighted by molar-refractivity contribution is -0.143. The van der Waals surface area contributed by atoms with E-state index < -0.39 is 23.8 Å². The number of hydrogen-bond acceptors (Lipinski definition) is 4. The number of benzene rings is 1. The van der Waals surface area contributed by atoms with Gasteiger partial charge in [-0.1, -0.05) is 84.3 Å². The number of amides is 3. The Labute approximate surface area is 243 Å². The monoisotopic (exact) mass is 555 g/mol. The molecule has 0 fully saturated rings. The molecule has 0 aliphatic carbocycles. The summed E-state index contributed by atoms with van der Waals surface area (Å²) in [5.41, 5.74) is 0.691. The Morgan fingerprint density at radius 2 is 1.55 bits per heavy atom. The summed E-state index contributed by atoms with van der Waals surface area (Å²) in [7, 11) is 0. The molecule has 2 N–H and O–H groups in total. The fourth-order valence-electron chi connectivity index (χ4n) is 4.51. The molecule has 1 rings (SSSR count). The van der Waals surface area contributed by atoms with E-state index in [0.29, 0.717) is 30.6 Å². The van der Waals surface area contributed by atoms with Crippen LogP contribution in [0.2, 0.25) is 0 Å². The largest absolute Gasteiger partial charge is 0.444 e. The third-order valence-corrected chi connectivity index (χ3v) is 6.51. The standard InChI is InChI=1S/C33H53N3O4/c1-9-12-14-15-17-23-36(31(38)28(24-25(4)5)35-32(39)40-33(6,7)8)29(30(37)34-22-16-13-10-2)27-20-18-26(11-3)19-21-27/h3,18-21,25,28-29H,9-10,12-17,22-24H2,1-2,4-8H3,(H,34,37)(H,35,39). The van der Waals surface area contributed by atoms with Gasteiger partial charge < -0.3 is 20.3 Å². The van der Waals surface area contributed by atoms with Crippen molar-refractivity contribution in [3.8, 4) is 12.3 Å². The summed E-state index contributed by atoms with van der Waals surface area (Å²) < 4.78 is 5.48. The molecular weight excluding hydrogens is 502 g/mol. The van der Waals surface area contributed by atoms with Gasteiger partial charge in [-0.2, -0.15) is 0 Å². The maximum Gasteiger partial charge on any atom is 0.408 e. The van der Waals surface area contributed by atoms with Gasteiger partial charge in [-0.05, 0) is 63.6 Å². The molecule has 2 atom stereocenters. The molecule has 0 heterocycles. The summed E-state index contributed by atoms with van der Waals surface area (Å²) in [6.45, 7) is 14.6. The van der Waals surface area contributed by atoms with Gasteiger partial charge >= 0.3 is 6.09 Å². The number of ether oxygens (including phenoxy) is 1. The molecule has 0 saturated heterocycles. The Morgan fingerprint density at radius 3 is 2.10 bits per heavy atom. The highest BCUT2D eigenvalue weighted by Gasteiger charge is 2.36. The molecule has 0 radical (unpaired) electrons. The first-order chi connectivity index (χ1) is 18.9. The Morgan fingerprint density at radius 1 is 0.950 bits per heavy atom. The number of hydrogen-bond donors (Lipinski definition) is 2. The quantitative estimate of drug-likeness (QED) is 0.164. The van der Waals surface area contributed by atoms with E-state index in [4.69, 9.17) is 11.2 Å². The van der Waals surface area contributed by atoms with E-state index in [1.165, 1.54) is 0 Å². The van der Waals surface area contributed by atoms with Gasteiger partial charge in [-0.15, -0.1) is 6.42 Å². The predicted octanol–water partition coefficient (Wildman–Crippen LogP) is 6.75. The Kier molecular flexibility index (Phi) is 16.1. The maximum absolute atomic E-state index is 14.3. The average molecular weight is 556 g/mol. The van der Waals surface area contributed by atoms with Crippen LogP contribution in [0.25, 0.3) is 0 Å². The van der Waals surface area contributed by atoms with Crippen molar-refractivity contribution in [2.24, 2.45) is 5.92 Å². The first-order valence-corrected chi connectivity index (χ1v) is 15.1. The highest BCUT2D eigenvalue weighted by atomic mass is 16.6. The molecule has 40 heavy (non-hydrogen) atoms. The molecule has 0 aliphatic heterocycles. The van der Waals surface area contributed by atoms with E-state index in [2.05, 4.69) is 30.4 Å². The number of rotatable bonds is 17. The van der Waals surface area contributed by atoms with Gasteiger partial charge in [-0.25, -0.2) is 4.79 Å². The minimum atomic E-state index is -0.845.